The second kappa shape index (κ2) is 5.71. The third-order valence-electron chi connectivity index (χ3n) is 3.04. The molecular weight excluding hydrogens is 212 g/mol. The van der Waals surface area contributed by atoms with Gasteiger partial charge < -0.3 is 9.80 Å². The maximum atomic E-state index is 11.2. The minimum atomic E-state index is -0.191. The summed E-state index contributed by atoms with van der Waals surface area (Å²) in [5.74, 6) is -0.191. The van der Waals surface area contributed by atoms with E-state index in [1.165, 1.54) is 5.69 Å². The molecule has 0 spiro atoms. The van der Waals surface area contributed by atoms with Gasteiger partial charge in [0.2, 0.25) is 5.91 Å². The van der Waals surface area contributed by atoms with Crippen molar-refractivity contribution in [2.24, 2.45) is 0 Å². The molecular formula is C14H21N2O. The Balaban J connectivity index is 3.05. The van der Waals surface area contributed by atoms with E-state index >= 15 is 0 Å². The second-order valence-corrected chi connectivity index (χ2v) is 4.10. The van der Waals surface area contributed by atoms with Gasteiger partial charge in [0.15, 0.2) is 0 Å². The molecule has 0 aliphatic heterocycles. The fourth-order valence-corrected chi connectivity index (χ4v) is 1.94. The van der Waals surface area contributed by atoms with Crippen molar-refractivity contribution in [2.75, 3.05) is 29.9 Å². The van der Waals surface area contributed by atoms with Crippen LogP contribution in [0.25, 0.3) is 0 Å². The smallest absolute Gasteiger partial charge is 0.227 e. The minimum absolute atomic E-state index is 0.191. The van der Waals surface area contributed by atoms with Crippen molar-refractivity contribution < 1.29 is 4.79 Å². The third kappa shape index (κ3) is 2.99. The number of carbonyl (C=O) groups excluding carboxylic acids is 1. The Morgan fingerprint density at radius 2 is 1.88 bits per heavy atom. The van der Waals surface area contributed by atoms with E-state index in [1.54, 1.807) is 11.9 Å². The van der Waals surface area contributed by atoms with Crippen LogP contribution in [0.15, 0.2) is 18.2 Å². The third-order valence-corrected chi connectivity index (χ3v) is 3.04. The van der Waals surface area contributed by atoms with Crippen LogP contribution in [0.4, 0.5) is 11.4 Å². The molecule has 0 aromatic heterocycles. The van der Waals surface area contributed by atoms with E-state index < -0.39 is 0 Å². The van der Waals surface area contributed by atoms with E-state index in [2.05, 4.69) is 37.8 Å². The predicted molar refractivity (Wildman–Crippen MR) is 73.5 cm³/mol. The number of hydrogen-bond donors (Lipinski definition) is 0. The maximum absolute atomic E-state index is 11.2. The van der Waals surface area contributed by atoms with Crippen molar-refractivity contribution in [3.05, 3.63) is 30.7 Å². The van der Waals surface area contributed by atoms with Gasteiger partial charge in [-0.25, -0.2) is 0 Å². The van der Waals surface area contributed by atoms with E-state index in [-0.39, 0.29) is 5.91 Å². The average molecular weight is 233 g/mol. The Morgan fingerprint density at radius 3 is 2.29 bits per heavy atom. The largest absolute Gasteiger partial charge is 0.372 e. The van der Waals surface area contributed by atoms with Gasteiger partial charge in [-0.2, -0.15) is 0 Å². The molecule has 0 saturated heterocycles. The maximum Gasteiger partial charge on any atom is 0.227 e. The standard InChI is InChI=1S/C14H21N2O/c1-6-16(7-2)13-8-9-14(11(3)10-13)15(5)12(4)17/h8-10H,4,6-7H2,1-3,5H3. The summed E-state index contributed by atoms with van der Waals surface area (Å²) in [4.78, 5) is 15.1. The summed E-state index contributed by atoms with van der Waals surface area (Å²) in [7, 11) is 1.74. The first-order valence-corrected chi connectivity index (χ1v) is 5.96. The van der Waals surface area contributed by atoms with E-state index in [0.717, 1.165) is 24.3 Å². The molecule has 3 nitrogen and oxygen atoms in total. The Bertz CT molecular complexity index is 397. The van der Waals surface area contributed by atoms with Gasteiger partial charge in [0.25, 0.3) is 0 Å². The predicted octanol–water partition coefficient (Wildman–Crippen LogP) is 2.64. The Labute approximate surface area is 104 Å². The summed E-state index contributed by atoms with van der Waals surface area (Å²) >= 11 is 0. The summed E-state index contributed by atoms with van der Waals surface area (Å²) < 4.78 is 0. The first kappa shape index (κ1) is 13.6. The zero-order valence-electron chi connectivity index (χ0n) is 11.2. The molecule has 1 aromatic rings. The monoisotopic (exact) mass is 233 g/mol. The van der Waals surface area contributed by atoms with Gasteiger partial charge in [-0.3, -0.25) is 4.79 Å². The van der Waals surface area contributed by atoms with Crippen LogP contribution in [0.1, 0.15) is 19.4 Å². The van der Waals surface area contributed by atoms with Crippen LogP contribution in [-0.2, 0) is 4.79 Å². The molecule has 1 rings (SSSR count). The molecule has 1 amide bonds. The van der Waals surface area contributed by atoms with Gasteiger partial charge in [-0.1, -0.05) is 0 Å². The number of rotatable bonds is 4. The molecule has 0 aliphatic carbocycles. The molecule has 0 saturated carbocycles. The molecule has 0 aliphatic rings. The first-order chi connectivity index (χ1) is 8.01. The Hall–Kier alpha value is -1.51. The fourth-order valence-electron chi connectivity index (χ4n) is 1.94. The zero-order valence-corrected chi connectivity index (χ0v) is 11.2. The van der Waals surface area contributed by atoms with Crippen molar-refractivity contribution >= 4 is 17.3 Å². The van der Waals surface area contributed by atoms with Gasteiger partial charge in [0.05, 0.1) is 0 Å². The topological polar surface area (TPSA) is 23.6 Å². The number of hydrogen-bond acceptors (Lipinski definition) is 2. The highest BCUT2D eigenvalue weighted by molar-refractivity contribution is 5.96. The molecule has 0 N–H and O–H groups in total. The van der Waals surface area contributed by atoms with E-state index in [4.69, 9.17) is 0 Å². The molecule has 0 bridgehead atoms. The SMILES string of the molecule is [CH2]C(=O)N(C)c1ccc(N(CC)CC)cc1C. The van der Waals surface area contributed by atoms with E-state index in [1.807, 2.05) is 13.0 Å². The zero-order chi connectivity index (χ0) is 13.0. The fraction of sp³-hybridized carbons (Fsp3) is 0.429. The molecule has 1 aromatic carbocycles. The van der Waals surface area contributed by atoms with Gasteiger partial charge in [-0.05, 0) is 44.5 Å². The Kier molecular flexibility index (Phi) is 4.55. The lowest BCUT2D eigenvalue weighted by atomic mass is 10.1. The van der Waals surface area contributed by atoms with Gasteiger partial charge >= 0.3 is 0 Å². The Morgan fingerprint density at radius 1 is 1.29 bits per heavy atom. The highest BCUT2D eigenvalue weighted by atomic mass is 16.2. The second-order valence-electron chi connectivity index (χ2n) is 4.10. The number of carbonyl (C=O) groups is 1. The van der Waals surface area contributed by atoms with Gasteiger partial charge in [0, 0.05) is 38.4 Å². The lowest BCUT2D eigenvalue weighted by Gasteiger charge is -2.24. The van der Waals surface area contributed by atoms with Crippen LogP contribution in [0.2, 0.25) is 0 Å². The molecule has 0 heterocycles. The van der Waals surface area contributed by atoms with Crippen molar-refractivity contribution in [2.45, 2.75) is 20.8 Å². The molecule has 0 unspecified atom stereocenters. The molecule has 17 heavy (non-hydrogen) atoms. The normalized spacial score (nSPS) is 10.2. The molecule has 3 heteroatoms. The number of benzene rings is 1. The minimum Gasteiger partial charge on any atom is -0.372 e. The number of nitrogens with zero attached hydrogens (tertiary/aromatic N) is 2. The summed E-state index contributed by atoms with van der Waals surface area (Å²) in [6, 6.07) is 6.14. The van der Waals surface area contributed by atoms with Crippen LogP contribution in [-0.4, -0.2) is 26.0 Å². The first-order valence-electron chi connectivity index (χ1n) is 5.96. The number of amides is 1. The number of aryl methyl sites for hydroxylation is 1. The van der Waals surface area contributed by atoms with E-state index in [0.29, 0.717) is 0 Å². The van der Waals surface area contributed by atoms with Gasteiger partial charge in [0.1, 0.15) is 0 Å². The quantitative estimate of drug-likeness (QED) is 0.798. The molecule has 0 fully saturated rings. The summed E-state index contributed by atoms with van der Waals surface area (Å²) in [6.07, 6.45) is 0. The van der Waals surface area contributed by atoms with Crippen LogP contribution in [0.3, 0.4) is 0 Å². The van der Waals surface area contributed by atoms with Crippen LogP contribution < -0.4 is 9.80 Å². The highest BCUT2D eigenvalue weighted by Gasteiger charge is 2.10. The van der Waals surface area contributed by atoms with Crippen molar-refractivity contribution in [3.8, 4) is 0 Å². The average Bonchev–Trinajstić information content (AvgIpc) is 2.30. The molecule has 0 atom stereocenters. The highest BCUT2D eigenvalue weighted by Crippen LogP contribution is 2.24. The molecule has 93 valence electrons. The summed E-state index contributed by atoms with van der Waals surface area (Å²) in [5, 5.41) is 0. The summed E-state index contributed by atoms with van der Waals surface area (Å²) in [5.41, 5.74) is 3.20. The van der Waals surface area contributed by atoms with Crippen molar-refractivity contribution in [1.82, 2.24) is 0 Å². The lowest BCUT2D eigenvalue weighted by molar-refractivity contribution is -0.114. The number of anilines is 2. The van der Waals surface area contributed by atoms with Crippen molar-refractivity contribution in [3.63, 3.8) is 0 Å². The van der Waals surface area contributed by atoms with Crippen LogP contribution in [0, 0.1) is 13.8 Å². The van der Waals surface area contributed by atoms with Crippen LogP contribution >= 0.6 is 0 Å². The molecule has 1 radical (unpaired) electrons. The lowest BCUT2D eigenvalue weighted by Crippen LogP contribution is -2.25. The van der Waals surface area contributed by atoms with Crippen LogP contribution in [0.5, 0.6) is 0 Å². The van der Waals surface area contributed by atoms with Gasteiger partial charge in [-0.15, -0.1) is 0 Å². The van der Waals surface area contributed by atoms with E-state index in [9.17, 15) is 4.79 Å². The summed E-state index contributed by atoms with van der Waals surface area (Å²) in [6.45, 7) is 11.7. The van der Waals surface area contributed by atoms with Crippen molar-refractivity contribution in [1.29, 1.82) is 0 Å².